The number of para-hydroxylation sites is 1. The molecule has 5 rings (SSSR count). The number of ether oxygens (including phenoxy) is 3. The van der Waals surface area contributed by atoms with Crippen LogP contribution in [0.5, 0.6) is 11.5 Å². The number of benzene rings is 2. The van der Waals surface area contributed by atoms with Gasteiger partial charge in [-0.3, -0.25) is 4.79 Å². The zero-order valence-corrected chi connectivity index (χ0v) is 17.4. The molecule has 0 atom stereocenters. The number of hydrogen-bond donors (Lipinski definition) is 0. The maximum absolute atomic E-state index is 12.8. The summed E-state index contributed by atoms with van der Waals surface area (Å²) in [6, 6.07) is 16.6. The Labute approximate surface area is 181 Å². The van der Waals surface area contributed by atoms with Crippen molar-refractivity contribution < 1.29 is 23.8 Å². The molecule has 162 valence electrons. The van der Waals surface area contributed by atoms with Gasteiger partial charge in [-0.25, -0.2) is 4.79 Å². The van der Waals surface area contributed by atoms with Crippen molar-refractivity contribution in [3.05, 3.63) is 60.2 Å². The van der Waals surface area contributed by atoms with E-state index in [1.807, 2.05) is 30.3 Å². The van der Waals surface area contributed by atoms with Crippen LogP contribution in [0.25, 0.3) is 0 Å². The van der Waals surface area contributed by atoms with Gasteiger partial charge >= 0.3 is 6.09 Å². The van der Waals surface area contributed by atoms with Crippen LogP contribution in [0.2, 0.25) is 0 Å². The van der Waals surface area contributed by atoms with Gasteiger partial charge in [0.25, 0.3) is 5.91 Å². The lowest BCUT2D eigenvalue weighted by Crippen LogP contribution is -2.65. The fraction of sp³-hybridized carbons (Fsp3) is 0.417. The third kappa shape index (κ3) is 4.23. The van der Waals surface area contributed by atoms with E-state index in [-0.39, 0.29) is 12.0 Å². The second-order valence-corrected chi connectivity index (χ2v) is 8.59. The van der Waals surface area contributed by atoms with Crippen molar-refractivity contribution >= 4 is 12.0 Å². The first-order chi connectivity index (χ1) is 15.1. The van der Waals surface area contributed by atoms with E-state index >= 15 is 0 Å². The summed E-state index contributed by atoms with van der Waals surface area (Å²) in [4.78, 5) is 28.7. The fourth-order valence-corrected chi connectivity index (χ4v) is 4.50. The Bertz CT molecular complexity index is 934. The van der Waals surface area contributed by atoms with Crippen molar-refractivity contribution in [3.8, 4) is 11.5 Å². The average Bonchev–Trinajstić information content (AvgIpc) is 3.11. The van der Waals surface area contributed by atoms with Crippen molar-refractivity contribution in [3.63, 3.8) is 0 Å². The number of amides is 2. The molecular weight excluding hydrogens is 396 g/mol. The SMILES string of the molecule is O=C1OC2(CN1CC1CCOCC1)CN(C(=O)c1ccc(Oc3ccccc3)cc1)C2. The number of likely N-dealkylation sites (tertiary alicyclic amines) is 1. The minimum absolute atomic E-state index is 0.0594. The molecular formula is C24H26N2O5. The number of hydrogen-bond acceptors (Lipinski definition) is 5. The van der Waals surface area contributed by atoms with Gasteiger partial charge in [-0.1, -0.05) is 18.2 Å². The summed E-state index contributed by atoms with van der Waals surface area (Å²) >= 11 is 0. The van der Waals surface area contributed by atoms with Crippen LogP contribution >= 0.6 is 0 Å². The van der Waals surface area contributed by atoms with Gasteiger partial charge in [0.15, 0.2) is 5.60 Å². The lowest BCUT2D eigenvalue weighted by molar-refractivity contribution is -0.0583. The minimum atomic E-state index is -0.561. The number of nitrogens with zero attached hydrogens (tertiary/aromatic N) is 2. The second kappa shape index (κ2) is 8.23. The Kier molecular flexibility index (Phi) is 5.28. The quantitative estimate of drug-likeness (QED) is 0.737. The molecule has 0 aliphatic carbocycles. The van der Waals surface area contributed by atoms with Crippen LogP contribution in [0.1, 0.15) is 23.2 Å². The maximum atomic E-state index is 12.8. The first-order valence-electron chi connectivity index (χ1n) is 10.8. The van der Waals surface area contributed by atoms with Gasteiger partial charge in [0.05, 0.1) is 19.6 Å². The molecule has 0 aromatic heterocycles. The predicted octanol–water partition coefficient (Wildman–Crippen LogP) is 3.55. The number of rotatable bonds is 5. The Hall–Kier alpha value is -3.06. The van der Waals surface area contributed by atoms with Crippen LogP contribution < -0.4 is 4.74 Å². The standard InChI is InChI=1S/C24H26N2O5/c27-22(19-6-8-21(9-7-19)30-20-4-2-1-3-5-20)26-16-24(17-26)15-25(23(28)31-24)14-18-10-12-29-13-11-18/h1-9,18H,10-17H2. The van der Waals surface area contributed by atoms with Crippen molar-refractivity contribution in [2.45, 2.75) is 18.4 Å². The molecule has 7 nitrogen and oxygen atoms in total. The minimum Gasteiger partial charge on any atom is -0.457 e. The number of carbonyl (C=O) groups is 2. The zero-order valence-electron chi connectivity index (χ0n) is 17.4. The molecule has 0 radical (unpaired) electrons. The topological polar surface area (TPSA) is 68.3 Å². The molecule has 3 saturated heterocycles. The molecule has 3 aliphatic rings. The Morgan fingerprint density at radius 1 is 0.968 bits per heavy atom. The van der Waals surface area contributed by atoms with E-state index in [0.717, 1.165) is 31.8 Å². The first kappa shape index (κ1) is 19.9. The molecule has 3 fully saturated rings. The third-order valence-electron chi connectivity index (χ3n) is 6.19. The smallest absolute Gasteiger partial charge is 0.410 e. The van der Waals surface area contributed by atoms with Gasteiger partial charge in [-0.05, 0) is 55.2 Å². The lowest BCUT2D eigenvalue weighted by Gasteiger charge is -2.45. The van der Waals surface area contributed by atoms with Crippen LogP contribution in [-0.2, 0) is 9.47 Å². The maximum Gasteiger partial charge on any atom is 0.410 e. The normalized spacial score (nSPS) is 20.5. The highest BCUT2D eigenvalue weighted by Crippen LogP contribution is 2.34. The number of carbonyl (C=O) groups excluding carboxylic acids is 2. The fourth-order valence-electron chi connectivity index (χ4n) is 4.50. The van der Waals surface area contributed by atoms with Crippen LogP contribution in [-0.4, -0.2) is 66.8 Å². The molecule has 7 heteroatoms. The lowest BCUT2D eigenvalue weighted by atomic mass is 9.92. The van der Waals surface area contributed by atoms with Crippen molar-refractivity contribution in [1.82, 2.24) is 9.80 Å². The van der Waals surface area contributed by atoms with E-state index in [1.54, 1.807) is 34.1 Å². The second-order valence-electron chi connectivity index (χ2n) is 8.59. The monoisotopic (exact) mass is 422 g/mol. The largest absolute Gasteiger partial charge is 0.457 e. The van der Waals surface area contributed by atoms with E-state index in [2.05, 4.69) is 0 Å². The summed E-state index contributed by atoms with van der Waals surface area (Å²) in [6.07, 6.45) is 1.69. The van der Waals surface area contributed by atoms with Crippen molar-refractivity contribution in [2.75, 3.05) is 39.4 Å². The molecule has 3 aliphatic heterocycles. The summed E-state index contributed by atoms with van der Waals surface area (Å²) < 4.78 is 16.9. The van der Waals surface area contributed by atoms with Gasteiger partial charge in [-0.2, -0.15) is 0 Å². The molecule has 3 heterocycles. The summed E-state index contributed by atoms with van der Waals surface area (Å²) in [7, 11) is 0. The summed E-state index contributed by atoms with van der Waals surface area (Å²) in [5.74, 6) is 1.83. The summed E-state index contributed by atoms with van der Waals surface area (Å²) in [6.45, 7) is 3.65. The Morgan fingerprint density at radius 2 is 1.65 bits per heavy atom. The van der Waals surface area contributed by atoms with E-state index in [4.69, 9.17) is 14.2 Å². The van der Waals surface area contributed by atoms with Crippen molar-refractivity contribution in [2.24, 2.45) is 5.92 Å². The molecule has 1 spiro atoms. The predicted molar refractivity (Wildman–Crippen MR) is 113 cm³/mol. The zero-order chi connectivity index (χ0) is 21.3. The van der Waals surface area contributed by atoms with Crippen LogP contribution in [0.15, 0.2) is 54.6 Å². The van der Waals surface area contributed by atoms with E-state index in [9.17, 15) is 9.59 Å². The molecule has 0 saturated carbocycles. The van der Waals surface area contributed by atoms with Crippen molar-refractivity contribution in [1.29, 1.82) is 0 Å². The van der Waals surface area contributed by atoms with Gasteiger partial charge in [0, 0.05) is 25.3 Å². The molecule has 2 aromatic carbocycles. The molecule has 2 aromatic rings. The first-order valence-corrected chi connectivity index (χ1v) is 10.8. The van der Waals surface area contributed by atoms with Gasteiger partial charge < -0.3 is 24.0 Å². The highest BCUT2D eigenvalue weighted by molar-refractivity contribution is 5.95. The summed E-state index contributed by atoms with van der Waals surface area (Å²) in [5, 5.41) is 0. The van der Waals surface area contributed by atoms with Crippen LogP contribution in [0.3, 0.4) is 0 Å². The van der Waals surface area contributed by atoms with E-state index in [1.165, 1.54) is 0 Å². The molecule has 2 amide bonds. The average molecular weight is 422 g/mol. The van der Waals surface area contributed by atoms with E-state index < -0.39 is 5.60 Å². The molecule has 31 heavy (non-hydrogen) atoms. The molecule has 0 unspecified atom stereocenters. The highest BCUT2D eigenvalue weighted by atomic mass is 16.6. The van der Waals surface area contributed by atoms with E-state index in [0.29, 0.717) is 43.4 Å². The Balaban J connectivity index is 1.15. The van der Waals surface area contributed by atoms with Gasteiger partial charge in [0.2, 0.25) is 0 Å². The van der Waals surface area contributed by atoms with Crippen LogP contribution in [0.4, 0.5) is 4.79 Å². The third-order valence-corrected chi connectivity index (χ3v) is 6.19. The van der Waals surface area contributed by atoms with Gasteiger partial charge in [0.1, 0.15) is 11.5 Å². The highest BCUT2D eigenvalue weighted by Gasteiger charge is 2.55. The van der Waals surface area contributed by atoms with Gasteiger partial charge in [-0.15, -0.1) is 0 Å². The molecule has 0 N–H and O–H groups in total. The van der Waals surface area contributed by atoms with Crippen LogP contribution in [0, 0.1) is 5.92 Å². The Morgan fingerprint density at radius 3 is 2.35 bits per heavy atom. The molecule has 0 bridgehead atoms. The summed E-state index contributed by atoms with van der Waals surface area (Å²) in [5.41, 5.74) is 0.0347.